The fraction of sp³-hybridized carbons (Fsp3) is 1.00. The predicted molar refractivity (Wildman–Crippen MR) is 57.3 cm³/mol. The molecule has 2 saturated heterocycles. The standard InChI is InChI=1S/C11H22N2O/c14-9-11-5-3-7-13(11)8-10-4-1-2-6-12-10/h10-12,14H,1-9H2/t10?,11-/m1/s1. The monoisotopic (exact) mass is 198 g/mol. The first kappa shape index (κ1) is 10.4. The first-order valence-electron chi connectivity index (χ1n) is 5.98. The molecule has 0 aliphatic carbocycles. The van der Waals surface area contributed by atoms with Crippen molar-refractivity contribution >= 4 is 0 Å². The van der Waals surface area contributed by atoms with Crippen LogP contribution in [0.5, 0.6) is 0 Å². The molecule has 2 atom stereocenters. The van der Waals surface area contributed by atoms with Gasteiger partial charge in [-0.15, -0.1) is 0 Å². The maximum Gasteiger partial charge on any atom is 0.0586 e. The van der Waals surface area contributed by atoms with Crippen LogP contribution in [0.3, 0.4) is 0 Å². The maximum atomic E-state index is 9.20. The van der Waals surface area contributed by atoms with Crippen LogP contribution in [0.1, 0.15) is 32.1 Å². The molecule has 1 unspecified atom stereocenters. The van der Waals surface area contributed by atoms with Gasteiger partial charge in [0.05, 0.1) is 6.61 Å². The highest BCUT2D eigenvalue weighted by Gasteiger charge is 2.26. The van der Waals surface area contributed by atoms with Crippen molar-refractivity contribution in [3.05, 3.63) is 0 Å². The molecule has 3 heteroatoms. The highest BCUT2D eigenvalue weighted by Crippen LogP contribution is 2.18. The summed E-state index contributed by atoms with van der Waals surface area (Å²) in [4.78, 5) is 2.46. The molecule has 0 aromatic rings. The summed E-state index contributed by atoms with van der Waals surface area (Å²) in [6, 6.07) is 1.12. The van der Waals surface area contributed by atoms with E-state index >= 15 is 0 Å². The SMILES string of the molecule is OC[C@H]1CCCN1CC1CCCCN1. The minimum absolute atomic E-state index is 0.340. The van der Waals surface area contributed by atoms with E-state index in [1.165, 1.54) is 45.2 Å². The molecule has 0 spiro atoms. The van der Waals surface area contributed by atoms with E-state index in [0.717, 1.165) is 6.54 Å². The van der Waals surface area contributed by atoms with Crippen molar-refractivity contribution in [2.45, 2.75) is 44.2 Å². The van der Waals surface area contributed by atoms with E-state index in [4.69, 9.17) is 0 Å². The van der Waals surface area contributed by atoms with Crippen LogP contribution in [-0.2, 0) is 0 Å². The Hall–Kier alpha value is -0.120. The van der Waals surface area contributed by atoms with Gasteiger partial charge >= 0.3 is 0 Å². The van der Waals surface area contributed by atoms with Gasteiger partial charge in [-0.25, -0.2) is 0 Å². The van der Waals surface area contributed by atoms with Gasteiger partial charge in [0.25, 0.3) is 0 Å². The van der Waals surface area contributed by atoms with Crippen LogP contribution in [0.25, 0.3) is 0 Å². The highest BCUT2D eigenvalue weighted by molar-refractivity contribution is 4.83. The first-order valence-corrected chi connectivity index (χ1v) is 5.98. The number of likely N-dealkylation sites (tertiary alicyclic amines) is 1. The lowest BCUT2D eigenvalue weighted by Crippen LogP contribution is -2.45. The van der Waals surface area contributed by atoms with Crippen LogP contribution in [0, 0.1) is 0 Å². The van der Waals surface area contributed by atoms with Gasteiger partial charge in [-0.2, -0.15) is 0 Å². The fourth-order valence-corrected chi connectivity index (χ4v) is 2.71. The Morgan fingerprint density at radius 1 is 1.21 bits per heavy atom. The molecule has 3 nitrogen and oxygen atoms in total. The van der Waals surface area contributed by atoms with Crippen LogP contribution in [0.15, 0.2) is 0 Å². The van der Waals surface area contributed by atoms with Crippen LogP contribution < -0.4 is 5.32 Å². The van der Waals surface area contributed by atoms with E-state index < -0.39 is 0 Å². The van der Waals surface area contributed by atoms with E-state index in [1.807, 2.05) is 0 Å². The molecular weight excluding hydrogens is 176 g/mol. The summed E-state index contributed by atoms with van der Waals surface area (Å²) in [5, 5.41) is 12.8. The second kappa shape index (κ2) is 5.10. The van der Waals surface area contributed by atoms with Crippen molar-refractivity contribution in [1.29, 1.82) is 0 Å². The van der Waals surface area contributed by atoms with E-state index in [2.05, 4.69) is 10.2 Å². The van der Waals surface area contributed by atoms with Crippen LogP contribution in [-0.4, -0.2) is 48.3 Å². The summed E-state index contributed by atoms with van der Waals surface area (Å²) in [5.74, 6) is 0. The molecule has 2 rings (SSSR count). The minimum Gasteiger partial charge on any atom is -0.395 e. The number of rotatable bonds is 3. The molecule has 0 radical (unpaired) electrons. The van der Waals surface area contributed by atoms with Crippen molar-refractivity contribution in [3.63, 3.8) is 0 Å². The number of aliphatic hydroxyl groups excluding tert-OH is 1. The van der Waals surface area contributed by atoms with Crippen molar-refractivity contribution in [3.8, 4) is 0 Å². The minimum atomic E-state index is 0.340. The maximum absolute atomic E-state index is 9.20. The molecule has 0 bridgehead atoms. The molecule has 0 amide bonds. The summed E-state index contributed by atoms with van der Waals surface area (Å²) in [6.07, 6.45) is 6.46. The molecule has 0 aromatic heterocycles. The van der Waals surface area contributed by atoms with Gasteiger partial charge in [-0.1, -0.05) is 6.42 Å². The molecule has 2 N–H and O–H groups in total. The summed E-state index contributed by atoms with van der Waals surface area (Å²) < 4.78 is 0. The second-order valence-electron chi connectivity index (χ2n) is 4.62. The number of nitrogens with one attached hydrogen (secondary N) is 1. The first-order chi connectivity index (χ1) is 6.90. The van der Waals surface area contributed by atoms with Gasteiger partial charge in [-0.05, 0) is 38.8 Å². The zero-order valence-corrected chi connectivity index (χ0v) is 8.91. The molecular formula is C11H22N2O. The van der Waals surface area contributed by atoms with Gasteiger partial charge in [-0.3, -0.25) is 4.90 Å². The Kier molecular flexibility index (Phi) is 3.79. The van der Waals surface area contributed by atoms with E-state index in [0.29, 0.717) is 18.7 Å². The molecule has 2 fully saturated rings. The van der Waals surface area contributed by atoms with Crippen molar-refractivity contribution in [1.82, 2.24) is 10.2 Å². The van der Waals surface area contributed by atoms with Gasteiger partial charge < -0.3 is 10.4 Å². The fourth-order valence-electron chi connectivity index (χ4n) is 2.71. The topological polar surface area (TPSA) is 35.5 Å². The highest BCUT2D eigenvalue weighted by atomic mass is 16.3. The van der Waals surface area contributed by atoms with E-state index in [-0.39, 0.29) is 0 Å². The summed E-state index contributed by atoms with van der Waals surface area (Å²) in [5.41, 5.74) is 0. The molecule has 2 aliphatic heterocycles. The smallest absolute Gasteiger partial charge is 0.0586 e. The number of aliphatic hydroxyl groups is 1. The molecule has 2 aliphatic rings. The van der Waals surface area contributed by atoms with Crippen LogP contribution in [0.2, 0.25) is 0 Å². The van der Waals surface area contributed by atoms with E-state index in [1.54, 1.807) is 0 Å². The number of hydrogen-bond donors (Lipinski definition) is 2. The Labute approximate surface area is 86.5 Å². The Balaban J connectivity index is 1.77. The molecule has 2 heterocycles. The molecule has 14 heavy (non-hydrogen) atoms. The van der Waals surface area contributed by atoms with E-state index in [9.17, 15) is 5.11 Å². The molecule has 82 valence electrons. The Morgan fingerprint density at radius 2 is 2.14 bits per heavy atom. The summed E-state index contributed by atoms with van der Waals surface area (Å²) >= 11 is 0. The number of hydrogen-bond acceptors (Lipinski definition) is 3. The predicted octanol–water partition coefficient (Wildman–Crippen LogP) is 0.585. The lowest BCUT2D eigenvalue weighted by Gasteiger charge is -2.30. The third kappa shape index (κ3) is 2.47. The quantitative estimate of drug-likeness (QED) is 0.696. The zero-order chi connectivity index (χ0) is 9.80. The van der Waals surface area contributed by atoms with Crippen molar-refractivity contribution in [2.75, 3.05) is 26.2 Å². The average Bonchev–Trinajstić information content (AvgIpc) is 2.67. The lowest BCUT2D eigenvalue weighted by atomic mass is 10.0. The molecule has 0 aromatic carbocycles. The Morgan fingerprint density at radius 3 is 2.86 bits per heavy atom. The third-order valence-corrected chi connectivity index (χ3v) is 3.58. The lowest BCUT2D eigenvalue weighted by molar-refractivity contribution is 0.142. The molecule has 0 saturated carbocycles. The number of piperidine rings is 1. The zero-order valence-electron chi connectivity index (χ0n) is 8.91. The normalized spacial score (nSPS) is 34.9. The van der Waals surface area contributed by atoms with Gasteiger partial charge in [0.2, 0.25) is 0 Å². The van der Waals surface area contributed by atoms with Crippen molar-refractivity contribution < 1.29 is 5.11 Å². The summed E-state index contributed by atoms with van der Waals surface area (Å²) in [7, 11) is 0. The third-order valence-electron chi connectivity index (χ3n) is 3.58. The second-order valence-corrected chi connectivity index (χ2v) is 4.62. The van der Waals surface area contributed by atoms with Gasteiger partial charge in [0, 0.05) is 18.6 Å². The number of nitrogens with zero attached hydrogens (tertiary/aromatic N) is 1. The largest absolute Gasteiger partial charge is 0.395 e. The van der Waals surface area contributed by atoms with Crippen LogP contribution in [0.4, 0.5) is 0 Å². The summed E-state index contributed by atoms with van der Waals surface area (Å²) in [6.45, 7) is 3.85. The van der Waals surface area contributed by atoms with Crippen molar-refractivity contribution in [2.24, 2.45) is 0 Å². The Bertz CT molecular complexity index is 169. The van der Waals surface area contributed by atoms with Gasteiger partial charge in [0.1, 0.15) is 0 Å². The van der Waals surface area contributed by atoms with Crippen LogP contribution >= 0.6 is 0 Å². The van der Waals surface area contributed by atoms with Gasteiger partial charge in [0.15, 0.2) is 0 Å². The average molecular weight is 198 g/mol.